The Morgan fingerprint density at radius 1 is 1.24 bits per heavy atom. The second-order valence-corrected chi connectivity index (χ2v) is 5.22. The van der Waals surface area contributed by atoms with Crippen molar-refractivity contribution in [2.24, 2.45) is 0 Å². The van der Waals surface area contributed by atoms with E-state index in [4.69, 9.17) is 4.74 Å². The Morgan fingerprint density at radius 2 is 2.12 bits per heavy atom. The maximum Gasteiger partial charge on any atom is 0.135 e. The summed E-state index contributed by atoms with van der Waals surface area (Å²) in [6.45, 7) is 0. The highest BCUT2D eigenvalue weighted by Crippen LogP contribution is 2.41. The van der Waals surface area contributed by atoms with Crippen molar-refractivity contribution in [2.75, 3.05) is 7.05 Å². The number of benzene rings is 1. The quantitative estimate of drug-likeness (QED) is 0.874. The number of fused-ring (bicyclic) bond motifs is 1. The van der Waals surface area contributed by atoms with Crippen LogP contribution in [0.25, 0.3) is 0 Å². The van der Waals surface area contributed by atoms with Crippen molar-refractivity contribution in [2.45, 2.75) is 18.6 Å². The van der Waals surface area contributed by atoms with Gasteiger partial charge in [-0.05, 0) is 24.6 Å². The molecule has 3 heteroatoms. The number of nitrogens with one attached hydrogen (secondary N) is 1. The second kappa shape index (κ2) is 4.51. The molecule has 0 fully saturated rings. The average molecular weight is 245 g/mol. The molecule has 17 heavy (non-hydrogen) atoms. The lowest BCUT2D eigenvalue weighted by molar-refractivity contribution is 0.157. The van der Waals surface area contributed by atoms with Crippen LogP contribution in [-0.4, -0.2) is 7.05 Å². The summed E-state index contributed by atoms with van der Waals surface area (Å²) in [7, 11) is 2.01. The second-order valence-electron chi connectivity index (χ2n) is 4.24. The first-order valence-electron chi connectivity index (χ1n) is 5.84. The lowest BCUT2D eigenvalue weighted by Gasteiger charge is -2.31. The predicted molar refractivity (Wildman–Crippen MR) is 70.5 cm³/mol. The zero-order valence-electron chi connectivity index (χ0n) is 9.72. The van der Waals surface area contributed by atoms with Crippen LogP contribution in [-0.2, 0) is 0 Å². The summed E-state index contributed by atoms with van der Waals surface area (Å²) >= 11 is 1.76. The van der Waals surface area contributed by atoms with E-state index in [1.165, 1.54) is 10.4 Å². The molecule has 2 heterocycles. The van der Waals surface area contributed by atoms with E-state index < -0.39 is 0 Å². The van der Waals surface area contributed by atoms with Crippen LogP contribution >= 0.6 is 11.3 Å². The Kier molecular flexibility index (Phi) is 2.87. The summed E-state index contributed by atoms with van der Waals surface area (Å²) in [5.41, 5.74) is 1.27. The first-order valence-corrected chi connectivity index (χ1v) is 6.72. The fourth-order valence-corrected chi connectivity index (χ4v) is 3.11. The van der Waals surface area contributed by atoms with Crippen LogP contribution in [0.1, 0.15) is 29.0 Å². The standard InChI is InChI=1S/C14H15NOS/c1-15-11-9-13(14-7-4-8-17-14)16-12-6-3-2-5-10(11)12/h2-8,11,13,15H,9H2,1H3. The van der Waals surface area contributed by atoms with E-state index in [-0.39, 0.29) is 6.10 Å². The molecule has 1 aliphatic heterocycles. The molecule has 0 saturated carbocycles. The van der Waals surface area contributed by atoms with E-state index >= 15 is 0 Å². The van der Waals surface area contributed by atoms with Crippen molar-refractivity contribution in [1.29, 1.82) is 0 Å². The molecule has 1 aromatic carbocycles. The smallest absolute Gasteiger partial charge is 0.135 e. The zero-order valence-corrected chi connectivity index (χ0v) is 10.5. The molecule has 0 amide bonds. The van der Waals surface area contributed by atoms with Crippen LogP contribution in [0, 0.1) is 0 Å². The SMILES string of the molecule is CNC1CC(c2cccs2)Oc2ccccc21. The first kappa shape index (κ1) is 10.8. The van der Waals surface area contributed by atoms with Crippen molar-refractivity contribution < 1.29 is 4.74 Å². The molecule has 0 radical (unpaired) electrons. The summed E-state index contributed by atoms with van der Waals surface area (Å²) in [6, 6.07) is 12.9. The fraction of sp³-hybridized carbons (Fsp3) is 0.286. The molecule has 0 aliphatic carbocycles. The number of hydrogen-bond acceptors (Lipinski definition) is 3. The molecule has 0 saturated heterocycles. The first-order chi connectivity index (χ1) is 8.38. The van der Waals surface area contributed by atoms with Gasteiger partial charge >= 0.3 is 0 Å². The molecule has 2 nitrogen and oxygen atoms in total. The van der Waals surface area contributed by atoms with Crippen LogP contribution in [0.15, 0.2) is 41.8 Å². The summed E-state index contributed by atoms with van der Waals surface area (Å²) in [6.07, 6.45) is 1.18. The van der Waals surface area contributed by atoms with E-state index in [1.54, 1.807) is 11.3 Å². The van der Waals surface area contributed by atoms with Crippen LogP contribution in [0.3, 0.4) is 0 Å². The third-order valence-corrected chi connectivity index (χ3v) is 4.19. The highest BCUT2D eigenvalue weighted by molar-refractivity contribution is 7.10. The van der Waals surface area contributed by atoms with Crippen molar-refractivity contribution in [3.05, 3.63) is 52.2 Å². The molecule has 88 valence electrons. The van der Waals surface area contributed by atoms with E-state index in [1.807, 2.05) is 13.1 Å². The van der Waals surface area contributed by atoms with Gasteiger partial charge in [-0.15, -0.1) is 11.3 Å². The van der Waals surface area contributed by atoms with E-state index in [0.29, 0.717) is 6.04 Å². The lowest BCUT2D eigenvalue weighted by Crippen LogP contribution is -2.26. The van der Waals surface area contributed by atoms with Gasteiger partial charge in [0.15, 0.2) is 0 Å². The largest absolute Gasteiger partial charge is 0.484 e. The van der Waals surface area contributed by atoms with Gasteiger partial charge in [-0.25, -0.2) is 0 Å². The van der Waals surface area contributed by atoms with Gasteiger partial charge in [0, 0.05) is 22.9 Å². The van der Waals surface area contributed by atoms with Gasteiger partial charge < -0.3 is 10.1 Å². The molecule has 2 unspecified atom stereocenters. The third-order valence-electron chi connectivity index (χ3n) is 3.22. The molecular formula is C14H15NOS. The van der Waals surface area contributed by atoms with Crippen molar-refractivity contribution in [1.82, 2.24) is 5.32 Å². The van der Waals surface area contributed by atoms with Gasteiger partial charge in [0.05, 0.1) is 0 Å². The normalized spacial score (nSPS) is 22.9. The van der Waals surface area contributed by atoms with Crippen molar-refractivity contribution >= 4 is 11.3 Å². The van der Waals surface area contributed by atoms with Crippen LogP contribution in [0.2, 0.25) is 0 Å². The van der Waals surface area contributed by atoms with Gasteiger partial charge in [-0.1, -0.05) is 24.3 Å². The monoisotopic (exact) mass is 245 g/mol. The highest BCUT2D eigenvalue weighted by Gasteiger charge is 2.28. The maximum atomic E-state index is 6.08. The summed E-state index contributed by atoms with van der Waals surface area (Å²) in [5.74, 6) is 1.01. The molecule has 0 spiro atoms. The topological polar surface area (TPSA) is 21.3 Å². The van der Waals surface area contributed by atoms with Crippen LogP contribution in [0.5, 0.6) is 5.75 Å². The zero-order chi connectivity index (χ0) is 11.7. The molecule has 3 rings (SSSR count). The molecule has 2 atom stereocenters. The minimum Gasteiger partial charge on any atom is -0.484 e. The summed E-state index contributed by atoms with van der Waals surface area (Å²) in [5, 5.41) is 5.48. The molecule has 0 bridgehead atoms. The lowest BCUT2D eigenvalue weighted by atomic mass is 9.96. The Hall–Kier alpha value is -1.32. The maximum absolute atomic E-state index is 6.08. The van der Waals surface area contributed by atoms with E-state index in [2.05, 4.69) is 41.0 Å². The number of hydrogen-bond donors (Lipinski definition) is 1. The molecular weight excluding hydrogens is 230 g/mol. The summed E-state index contributed by atoms with van der Waals surface area (Å²) in [4.78, 5) is 1.31. The van der Waals surface area contributed by atoms with Crippen LogP contribution in [0.4, 0.5) is 0 Å². The number of rotatable bonds is 2. The minimum absolute atomic E-state index is 0.183. The Balaban J connectivity index is 1.95. The number of para-hydroxylation sites is 1. The van der Waals surface area contributed by atoms with E-state index in [9.17, 15) is 0 Å². The van der Waals surface area contributed by atoms with Gasteiger partial charge in [0.1, 0.15) is 11.9 Å². The highest BCUT2D eigenvalue weighted by atomic mass is 32.1. The van der Waals surface area contributed by atoms with Gasteiger partial charge in [-0.3, -0.25) is 0 Å². The third kappa shape index (κ3) is 1.96. The van der Waals surface area contributed by atoms with Gasteiger partial charge in [0.2, 0.25) is 0 Å². The Bertz CT molecular complexity index is 495. The molecule has 1 aromatic heterocycles. The Morgan fingerprint density at radius 3 is 2.88 bits per heavy atom. The van der Waals surface area contributed by atoms with E-state index in [0.717, 1.165) is 12.2 Å². The van der Waals surface area contributed by atoms with Crippen LogP contribution < -0.4 is 10.1 Å². The fourth-order valence-electron chi connectivity index (χ4n) is 2.34. The predicted octanol–water partition coefficient (Wildman–Crippen LogP) is 3.53. The minimum atomic E-state index is 0.183. The number of ether oxygens (including phenoxy) is 1. The molecule has 2 aromatic rings. The van der Waals surface area contributed by atoms with Crippen molar-refractivity contribution in [3.8, 4) is 5.75 Å². The number of thiophene rings is 1. The summed E-state index contributed by atoms with van der Waals surface area (Å²) < 4.78 is 6.08. The Labute approximate surface area is 105 Å². The van der Waals surface area contributed by atoms with Gasteiger partial charge in [-0.2, -0.15) is 0 Å². The molecule has 1 aliphatic rings. The van der Waals surface area contributed by atoms with Crippen molar-refractivity contribution in [3.63, 3.8) is 0 Å². The average Bonchev–Trinajstić information content (AvgIpc) is 2.91. The van der Waals surface area contributed by atoms with Gasteiger partial charge in [0.25, 0.3) is 0 Å². The molecule has 1 N–H and O–H groups in total.